The smallest absolute Gasteiger partial charge is 0.261 e. The number of nitrogens with zero attached hydrogens (tertiary/aromatic N) is 3. The number of carbonyl (C=O) groups excluding carboxylic acids is 1. The summed E-state index contributed by atoms with van der Waals surface area (Å²) in [5, 5.41) is 7.13. The third kappa shape index (κ3) is 2.75. The molecule has 4 aromatic rings. The molecule has 4 aromatic heterocycles. The zero-order chi connectivity index (χ0) is 16.7. The number of thiazole rings is 1. The summed E-state index contributed by atoms with van der Waals surface area (Å²) in [7, 11) is 4.06. The maximum atomic E-state index is 12.5. The molecule has 0 saturated carbocycles. The average molecular weight is 377 g/mol. The zero-order valence-electron chi connectivity index (χ0n) is 13.2. The fourth-order valence-corrected chi connectivity index (χ4v) is 5.29. The van der Waals surface area contributed by atoms with Crippen LogP contribution in [0.1, 0.15) is 20.6 Å². The van der Waals surface area contributed by atoms with E-state index in [1.54, 1.807) is 22.7 Å². The van der Waals surface area contributed by atoms with E-state index in [9.17, 15) is 4.79 Å². The fraction of sp³-hybridized carbons (Fsp3) is 0.250. The first-order chi connectivity index (χ1) is 11.6. The maximum absolute atomic E-state index is 12.5. The molecule has 0 aliphatic rings. The van der Waals surface area contributed by atoms with Crippen LogP contribution in [-0.2, 0) is 0 Å². The number of nitrogens with one attached hydrogen (secondary N) is 1. The molecule has 0 bridgehead atoms. The maximum Gasteiger partial charge on any atom is 0.261 e. The van der Waals surface area contributed by atoms with Gasteiger partial charge in [0, 0.05) is 23.0 Å². The summed E-state index contributed by atoms with van der Waals surface area (Å²) >= 11 is 4.76. The van der Waals surface area contributed by atoms with Crippen LogP contribution in [0, 0.1) is 0 Å². The van der Waals surface area contributed by atoms with Gasteiger partial charge in [0.25, 0.3) is 5.91 Å². The predicted octanol–water partition coefficient (Wildman–Crippen LogP) is 3.70. The van der Waals surface area contributed by atoms with Gasteiger partial charge in [0.05, 0.1) is 16.4 Å². The number of aromatic nitrogens is 2. The zero-order valence-corrected chi connectivity index (χ0v) is 15.7. The Morgan fingerprint density at radius 1 is 1.38 bits per heavy atom. The van der Waals surface area contributed by atoms with Gasteiger partial charge < -0.3 is 10.2 Å². The number of carbonyl (C=O) groups is 1. The number of thiophene rings is 2. The molecule has 124 valence electrons. The second-order valence-corrected chi connectivity index (χ2v) is 8.56. The van der Waals surface area contributed by atoms with Crippen LogP contribution in [0.2, 0.25) is 0 Å². The lowest BCUT2D eigenvalue weighted by molar-refractivity contribution is 0.0946. The highest BCUT2D eigenvalue weighted by molar-refractivity contribution is 7.21. The number of imidazole rings is 1. The van der Waals surface area contributed by atoms with Crippen molar-refractivity contribution in [3.05, 3.63) is 44.9 Å². The molecule has 0 aliphatic heterocycles. The van der Waals surface area contributed by atoms with Crippen molar-refractivity contribution in [3.8, 4) is 0 Å². The summed E-state index contributed by atoms with van der Waals surface area (Å²) in [4.78, 5) is 23.1. The Morgan fingerprint density at radius 3 is 3.00 bits per heavy atom. The molecule has 5 nitrogen and oxygen atoms in total. The van der Waals surface area contributed by atoms with E-state index in [2.05, 4.69) is 26.6 Å². The highest BCUT2D eigenvalue weighted by Crippen LogP contribution is 2.28. The van der Waals surface area contributed by atoms with Gasteiger partial charge in [0.15, 0.2) is 4.96 Å². The topological polar surface area (TPSA) is 49.6 Å². The van der Waals surface area contributed by atoms with E-state index < -0.39 is 0 Å². The van der Waals surface area contributed by atoms with E-state index >= 15 is 0 Å². The number of hydrogen-bond acceptors (Lipinski definition) is 6. The molecular weight excluding hydrogens is 360 g/mol. The van der Waals surface area contributed by atoms with Crippen LogP contribution in [0.25, 0.3) is 15.3 Å². The van der Waals surface area contributed by atoms with Gasteiger partial charge in [0.2, 0.25) is 0 Å². The number of hydrogen-bond donors (Lipinski definition) is 1. The van der Waals surface area contributed by atoms with E-state index in [4.69, 9.17) is 0 Å². The predicted molar refractivity (Wildman–Crippen MR) is 102 cm³/mol. The Balaban J connectivity index is 1.52. The second kappa shape index (κ2) is 6.29. The Bertz CT molecular complexity index is 980. The average Bonchev–Trinajstić information content (AvgIpc) is 3.28. The summed E-state index contributed by atoms with van der Waals surface area (Å²) < 4.78 is 2.03. The monoisotopic (exact) mass is 376 g/mol. The molecule has 1 atom stereocenters. The third-order valence-corrected chi connectivity index (χ3v) is 6.66. The molecule has 0 aliphatic carbocycles. The minimum absolute atomic E-state index is 0.0367. The van der Waals surface area contributed by atoms with Crippen molar-refractivity contribution >= 4 is 55.2 Å². The third-order valence-electron chi connectivity index (χ3n) is 3.91. The van der Waals surface area contributed by atoms with Gasteiger partial charge >= 0.3 is 0 Å². The van der Waals surface area contributed by atoms with Crippen LogP contribution < -0.4 is 5.32 Å². The number of amides is 1. The van der Waals surface area contributed by atoms with E-state index in [-0.39, 0.29) is 11.9 Å². The van der Waals surface area contributed by atoms with Gasteiger partial charge in [0.1, 0.15) is 4.83 Å². The lowest BCUT2D eigenvalue weighted by Crippen LogP contribution is -2.33. The van der Waals surface area contributed by atoms with Crippen molar-refractivity contribution < 1.29 is 4.79 Å². The van der Waals surface area contributed by atoms with Gasteiger partial charge in [-0.25, -0.2) is 4.98 Å². The SMILES string of the molecule is CN(C)C(CNC(=O)c1cc2c(nc3sccn32)s1)c1cccs1. The summed E-state index contributed by atoms with van der Waals surface area (Å²) in [6.45, 7) is 0.586. The van der Waals surface area contributed by atoms with Crippen LogP contribution >= 0.6 is 34.0 Å². The van der Waals surface area contributed by atoms with Crippen LogP contribution in [0.5, 0.6) is 0 Å². The molecule has 1 amide bonds. The fourth-order valence-electron chi connectivity index (χ4n) is 2.65. The summed E-state index contributed by atoms with van der Waals surface area (Å²) in [6, 6.07) is 6.26. The molecule has 8 heteroatoms. The Labute approximate surface area is 151 Å². The number of fused-ring (bicyclic) bond motifs is 3. The van der Waals surface area contributed by atoms with Crippen LogP contribution in [0.3, 0.4) is 0 Å². The van der Waals surface area contributed by atoms with Crippen molar-refractivity contribution in [2.24, 2.45) is 0 Å². The van der Waals surface area contributed by atoms with Crippen molar-refractivity contribution in [2.45, 2.75) is 6.04 Å². The largest absolute Gasteiger partial charge is 0.349 e. The molecule has 0 spiro atoms. The van der Waals surface area contributed by atoms with Gasteiger partial charge in [-0.3, -0.25) is 9.20 Å². The highest BCUT2D eigenvalue weighted by Gasteiger charge is 2.19. The van der Waals surface area contributed by atoms with Crippen LogP contribution in [-0.4, -0.2) is 40.8 Å². The molecule has 0 fully saturated rings. The molecule has 0 radical (unpaired) electrons. The van der Waals surface area contributed by atoms with Gasteiger partial charge in [-0.05, 0) is 31.6 Å². The molecule has 24 heavy (non-hydrogen) atoms. The normalized spacial score (nSPS) is 13.1. The minimum atomic E-state index is -0.0367. The summed E-state index contributed by atoms with van der Waals surface area (Å²) in [5.74, 6) is -0.0367. The van der Waals surface area contributed by atoms with Crippen molar-refractivity contribution in [2.75, 3.05) is 20.6 Å². The second-order valence-electron chi connectivity index (χ2n) is 5.67. The van der Waals surface area contributed by atoms with Crippen molar-refractivity contribution in [1.29, 1.82) is 0 Å². The van der Waals surface area contributed by atoms with Gasteiger partial charge in [-0.2, -0.15) is 0 Å². The first-order valence-corrected chi connectivity index (χ1v) is 10.0. The molecule has 0 aromatic carbocycles. The first kappa shape index (κ1) is 15.8. The lowest BCUT2D eigenvalue weighted by atomic mass is 10.2. The molecule has 1 N–H and O–H groups in total. The number of likely N-dealkylation sites (N-methyl/N-ethyl adjacent to an activating group) is 1. The van der Waals surface area contributed by atoms with E-state index in [0.717, 1.165) is 15.3 Å². The molecule has 4 heterocycles. The lowest BCUT2D eigenvalue weighted by Gasteiger charge is -2.23. The van der Waals surface area contributed by atoms with Crippen LogP contribution in [0.4, 0.5) is 0 Å². The van der Waals surface area contributed by atoms with Gasteiger partial charge in [-0.1, -0.05) is 6.07 Å². The quantitative estimate of drug-likeness (QED) is 0.578. The van der Waals surface area contributed by atoms with Crippen molar-refractivity contribution in [1.82, 2.24) is 19.6 Å². The molecule has 1 unspecified atom stereocenters. The first-order valence-electron chi connectivity index (χ1n) is 7.46. The minimum Gasteiger partial charge on any atom is -0.349 e. The number of rotatable bonds is 5. The molecule has 4 rings (SSSR count). The van der Waals surface area contributed by atoms with Crippen molar-refractivity contribution in [3.63, 3.8) is 0 Å². The van der Waals surface area contributed by atoms with Gasteiger partial charge in [-0.15, -0.1) is 34.0 Å². The highest BCUT2D eigenvalue weighted by atomic mass is 32.1. The molecular formula is C16H16N4OS3. The van der Waals surface area contributed by atoms with E-state index in [0.29, 0.717) is 11.4 Å². The summed E-state index contributed by atoms with van der Waals surface area (Å²) in [5.41, 5.74) is 1.00. The Morgan fingerprint density at radius 2 is 2.25 bits per heavy atom. The van der Waals surface area contributed by atoms with E-state index in [1.165, 1.54) is 16.2 Å². The summed E-state index contributed by atoms with van der Waals surface area (Å²) in [6.07, 6.45) is 1.99. The van der Waals surface area contributed by atoms with Crippen LogP contribution in [0.15, 0.2) is 35.2 Å². The Hall–Kier alpha value is -1.74. The molecule has 0 saturated heterocycles. The van der Waals surface area contributed by atoms with E-state index in [1.807, 2.05) is 42.2 Å². The standard InChI is InChI=1S/C16H16N4OS3/c1-19(2)11(12-4-3-6-22-12)9-17-14(21)13-8-10-15(24-13)18-16-20(10)5-7-23-16/h3-8,11H,9H2,1-2H3,(H,17,21). The Kier molecular flexibility index (Phi) is 4.13.